The van der Waals surface area contributed by atoms with Gasteiger partial charge in [-0.15, -0.1) is 0 Å². The first-order valence-electron chi connectivity index (χ1n) is 5.06. The van der Waals surface area contributed by atoms with Crippen LogP contribution in [0.2, 0.25) is 0 Å². The summed E-state index contributed by atoms with van der Waals surface area (Å²) < 4.78 is 6.58. The standard InChI is InChI=1S/C12H15IO2/c1-4-10-11(8(3)14)6-9(13)7-12(10)15-5-2/h6-7H,4-5H2,1-3H3. The van der Waals surface area contributed by atoms with Gasteiger partial charge in [-0.05, 0) is 55.0 Å². The van der Waals surface area contributed by atoms with Gasteiger partial charge in [-0.2, -0.15) is 0 Å². The first-order valence-corrected chi connectivity index (χ1v) is 6.14. The van der Waals surface area contributed by atoms with Crippen LogP contribution >= 0.6 is 22.6 Å². The van der Waals surface area contributed by atoms with Crippen molar-refractivity contribution in [3.8, 4) is 5.75 Å². The lowest BCUT2D eigenvalue weighted by Gasteiger charge is -2.12. The van der Waals surface area contributed by atoms with E-state index in [0.29, 0.717) is 6.61 Å². The average Bonchev–Trinajstić information content (AvgIpc) is 2.17. The number of benzene rings is 1. The summed E-state index contributed by atoms with van der Waals surface area (Å²) in [6.45, 7) is 6.22. The first kappa shape index (κ1) is 12.5. The van der Waals surface area contributed by atoms with Gasteiger partial charge in [0.15, 0.2) is 5.78 Å². The van der Waals surface area contributed by atoms with E-state index in [1.165, 1.54) is 0 Å². The van der Waals surface area contributed by atoms with Crippen molar-refractivity contribution in [1.82, 2.24) is 0 Å². The van der Waals surface area contributed by atoms with Gasteiger partial charge in [0.1, 0.15) is 5.75 Å². The lowest BCUT2D eigenvalue weighted by Crippen LogP contribution is -2.04. The lowest BCUT2D eigenvalue weighted by molar-refractivity contribution is 0.101. The quantitative estimate of drug-likeness (QED) is 0.628. The third-order valence-corrected chi connectivity index (χ3v) is 2.83. The van der Waals surface area contributed by atoms with Gasteiger partial charge in [-0.25, -0.2) is 0 Å². The van der Waals surface area contributed by atoms with E-state index in [4.69, 9.17) is 4.74 Å². The molecule has 3 heteroatoms. The maximum atomic E-state index is 11.5. The molecular weight excluding hydrogens is 303 g/mol. The van der Waals surface area contributed by atoms with Crippen LogP contribution in [0.4, 0.5) is 0 Å². The van der Waals surface area contributed by atoms with Gasteiger partial charge in [0.2, 0.25) is 0 Å². The third kappa shape index (κ3) is 2.93. The number of ketones is 1. The average molecular weight is 318 g/mol. The Labute approximate surface area is 104 Å². The second-order valence-corrected chi connectivity index (χ2v) is 4.52. The van der Waals surface area contributed by atoms with E-state index < -0.39 is 0 Å². The van der Waals surface area contributed by atoms with Crippen molar-refractivity contribution in [2.45, 2.75) is 27.2 Å². The van der Waals surface area contributed by atoms with Gasteiger partial charge in [0, 0.05) is 14.7 Å². The number of carbonyl (C=O) groups excluding carboxylic acids is 1. The molecular formula is C12H15IO2. The molecule has 82 valence electrons. The SMILES string of the molecule is CCOc1cc(I)cc(C(C)=O)c1CC. The molecule has 0 spiro atoms. The molecule has 15 heavy (non-hydrogen) atoms. The highest BCUT2D eigenvalue weighted by Gasteiger charge is 2.12. The minimum atomic E-state index is 0.103. The lowest BCUT2D eigenvalue weighted by atomic mass is 10.0. The highest BCUT2D eigenvalue weighted by Crippen LogP contribution is 2.27. The van der Waals surface area contributed by atoms with Gasteiger partial charge in [-0.1, -0.05) is 6.92 Å². The molecule has 0 heterocycles. The second-order valence-electron chi connectivity index (χ2n) is 3.27. The maximum Gasteiger partial charge on any atom is 0.160 e. The van der Waals surface area contributed by atoms with Crippen LogP contribution in [0.3, 0.4) is 0 Å². The molecule has 0 bridgehead atoms. The zero-order chi connectivity index (χ0) is 11.4. The molecule has 1 aromatic rings. The van der Waals surface area contributed by atoms with Crippen LogP contribution in [-0.2, 0) is 6.42 Å². The molecule has 0 aromatic heterocycles. The van der Waals surface area contributed by atoms with Crippen LogP contribution < -0.4 is 4.74 Å². The summed E-state index contributed by atoms with van der Waals surface area (Å²) in [6.07, 6.45) is 0.821. The van der Waals surface area contributed by atoms with Gasteiger partial charge in [0.25, 0.3) is 0 Å². The minimum Gasteiger partial charge on any atom is -0.494 e. The summed E-state index contributed by atoms with van der Waals surface area (Å²) in [5, 5.41) is 0. The summed E-state index contributed by atoms with van der Waals surface area (Å²) in [7, 11) is 0. The van der Waals surface area contributed by atoms with Crippen molar-refractivity contribution in [3.05, 3.63) is 26.8 Å². The van der Waals surface area contributed by atoms with Gasteiger partial charge < -0.3 is 4.74 Å². The van der Waals surface area contributed by atoms with Crippen LogP contribution in [0.15, 0.2) is 12.1 Å². The Bertz CT molecular complexity index is 372. The summed E-state index contributed by atoms with van der Waals surface area (Å²) in [6, 6.07) is 3.90. The van der Waals surface area contributed by atoms with Crippen LogP contribution in [0.1, 0.15) is 36.7 Å². The van der Waals surface area contributed by atoms with E-state index in [2.05, 4.69) is 22.6 Å². The number of halogens is 1. The van der Waals surface area contributed by atoms with E-state index in [9.17, 15) is 4.79 Å². The predicted molar refractivity (Wildman–Crippen MR) is 69.7 cm³/mol. The van der Waals surface area contributed by atoms with E-state index in [1.54, 1.807) is 6.92 Å². The van der Waals surface area contributed by atoms with Crippen LogP contribution in [-0.4, -0.2) is 12.4 Å². The Kier molecular flexibility index (Phi) is 4.57. The monoisotopic (exact) mass is 318 g/mol. The maximum absolute atomic E-state index is 11.5. The molecule has 0 aliphatic heterocycles. The molecule has 0 saturated heterocycles. The van der Waals surface area contributed by atoms with Crippen molar-refractivity contribution < 1.29 is 9.53 Å². The number of hydrogen-bond donors (Lipinski definition) is 0. The fraction of sp³-hybridized carbons (Fsp3) is 0.417. The topological polar surface area (TPSA) is 26.3 Å². The van der Waals surface area contributed by atoms with E-state index in [1.807, 2.05) is 26.0 Å². The van der Waals surface area contributed by atoms with Gasteiger partial charge in [0.05, 0.1) is 6.61 Å². The molecule has 0 radical (unpaired) electrons. The molecule has 0 amide bonds. The molecule has 0 atom stereocenters. The Balaban J connectivity index is 3.31. The van der Waals surface area contributed by atoms with E-state index in [0.717, 1.165) is 26.9 Å². The molecule has 0 aliphatic rings. The molecule has 1 aromatic carbocycles. The summed E-state index contributed by atoms with van der Waals surface area (Å²) in [4.78, 5) is 11.5. The second kappa shape index (κ2) is 5.49. The molecule has 0 N–H and O–H groups in total. The highest BCUT2D eigenvalue weighted by atomic mass is 127. The predicted octanol–water partition coefficient (Wildman–Crippen LogP) is 3.45. The van der Waals surface area contributed by atoms with Crippen LogP contribution in [0.5, 0.6) is 5.75 Å². The fourth-order valence-corrected chi connectivity index (χ4v) is 2.17. The van der Waals surface area contributed by atoms with Crippen molar-refractivity contribution in [3.63, 3.8) is 0 Å². The molecule has 1 rings (SSSR count). The number of carbonyl (C=O) groups is 1. The third-order valence-electron chi connectivity index (χ3n) is 2.21. The number of hydrogen-bond acceptors (Lipinski definition) is 2. The number of ether oxygens (including phenoxy) is 1. The molecule has 2 nitrogen and oxygen atoms in total. The molecule has 0 fully saturated rings. The first-order chi connectivity index (χ1) is 7.10. The van der Waals surface area contributed by atoms with E-state index in [-0.39, 0.29) is 5.78 Å². The molecule has 0 saturated carbocycles. The summed E-state index contributed by atoms with van der Waals surface area (Å²) in [5.74, 6) is 0.948. The fourth-order valence-electron chi connectivity index (χ4n) is 1.57. The van der Waals surface area contributed by atoms with Crippen molar-refractivity contribution >= 4 is 28.4 Å². The van der Waals surface area contributed by atoms with Crippen LogP contribution in [0, 0.1) is 3.57 Å². The number of Topliss-reactive ketones (excluding diaryl/α,β-unsaturated/α-hetero) is 1. The zero-order valence-electron chi connectivity index (χ0n) is 9.26. The Morgan fingerprint density at radius 1 is 1.40 bits per heavy atom. The van der Waals surface area contributed by atoms with Gasteiger partial charge >= 0.3 is 0 Å². The Hall–Kier alpha value is -0.580. The Morgan fingerprint density at radius 3 is 2.53 bits per heavy atom. The Morgan fingerprint density at radius 2 is 2.07 bits per heavy atom. The molecule has 0 unspecified atom stereocenters. The zero-order valence-corrected chi connectivity index (χ0v) is 11.4. The van der Waals surface area contributed by atoms with Gasteiger partial charge in [-0.3, -0.25) is 4.79 Å². The number of rotatable bonds is 4. The summed E-state index contributed by atoms with van der Waals surface area (Å²) in [5.41, 5.74) is 1.80. The van der Waals surface area contributed by atoms with Crippen LogP contribution in [0.25, 0.3) is 0 Å². The van der Waals surface area contributed by atoms with Crippen molar-refractivity contribution in [2.24, 2.45) is 0 Å². The normalized spacial score (nSPS) is 10.1. The van der Waals surface area contributed by atoms with E-state index >= 15 is 0 Å². The minimum absolute atomic E-state index is 0.103. The molecule has 0 aliphatic carbocycles. The highest BCUT2D eigenvalue weighted by molar-refractivity contribution is 14.1. The largest absolute Gasteiger partial charge is 0.494 e. The summed E-state index contributed by atoms with van der Waals surface area (Å²) >= 11 is 2.20. The smallest absolute Gasteiger partial charge is 0.160 e. The van der Waals surface area contributed by atoms with Crippen molar-refractivity contribution in [2.75, 3.05) is 6.61 Å². The van der Waals surface area contributed by atoms with Crippen molar-refractivity contribution in [1.29, 1.82) is 0 Å².